The largest absolute Gasteiger partial charge is 0.492 e. The molecule has 1 atom stereocenters. The summed E-state index contributed by atoms with van der Waals surface area (Å²) in [6.45, 7) is 2.50. The van der Waals surface area contributed by atoms with Gasteiger partial charge < -0.3 is 14.3 Å². The van der Waals surface area contributed by atoms with Gasteiger partial charge in [0.1, 0.15) is 11.3 Å². The number of imidazole rings is 1. The first kappa shape index (κ1) is 14.6. The van der Waals surface area contributed by atoms with Crippen LogP contribution in [0, 0.1) is 4.77 Å². The Balaban J connectivity index is 2.13. The van der Waals surface area contributed by atoms with Gasteiger partial charge in [0, 0.05) is 0 Å². The van der Waals surface area contributed by atoms with Gasteiger partial charge in [-0.15, -0.1) is 0 Å². The summed E-state index contributed by atoms with van der Waals surface area (Å²) in [6.07, 6.45) is 1.52. The first-order valence-electron chi connectivity index (χ1n) is 7.08. The molecule has 1 fully saturated rings. The molecule has 3 rings (SSSR count). The number of nitrogens with zero attached hydrogens (tertiary/aromatic N) is 1. The molecule has 0 aliphatic carbocycles. The lowest BCUT2D eigenvalue weighted by atomic mass is 10.1. The van der Waals surface area contributed by atoms with Gasteiger partial charge in [0.25, 0.3) is 0 Å². The average molecular weight is 326 g/mol. The van der Waals surface area contributed by atoms with Crippen LogP contribution in [0.25, 0.3) is 11.0 Å². The molecule has 7 heteroatoms. The molecular weight excluding hydrogens is 308 g/mol. The number of ether oxygens (including phenoxy) is 1. The zero-order valence-electron chi connectivity index (χ0n) is 11.8. The van der Waals surface area contributed by atoms with Crippen molar-refractivity contribution >= 4 is 33.1 Å². The predicted octanol–water partition coefficient (Wildman–Crippen LogP) is 2.85. The number of nitrogens with one attached hydrogen (secondary N) is 1. The van der Waals surface area contributed by atoms with E-state index in [9.17, 15) is 8.42 Å². The summed E-state index contributed by atoms with van der Waals surface area (Å²) in [4.78, 5) is 3.16. The molecule has 1 unspecified atom stereocenters. The molecule has 1 aliphatic heterocycles. The third-order valence-corrected chi connectivity index (χ3v) is 5.92. The van der Waals surface area contributed by atoms with E-state index in [2.05, 4.69) is 4.98 Å². The number of benzene rings is 1. The van der Waals surface area contributed by atoms with Gasteiger partial charge in [0.2, 0.25) is 0 Å². The van der Waals surface area contributed by atoms with E-state index >= 15 is 0 Å². The number of rotatable bonds is 3. The van der Waals surface area contributed by atoms with Gasteiger partial charge in [-0.1, -0.05) is 6.07 Å². The van der Waals surface area contributed by atoms with Crippen LogP contribution in [-0.2, 0) is 9.84 Å². The Labute approximate surface area is 128 Å². The number of aromatic amines is 1. The highest BCUT2D eigenvalue weighted by molar-refractivity contribution is 7.91. The van der Waals surface area contributed by atoms with E-state index in [0.717, 1.165) is 23.2 Å². The first-order valence-corrected chi connectivity index (χ1v) is 9.31. The van der Waals surface area contributed by atoms with Crippen LogP contribution in [0.15, 0.2) is 18.2 Å². The summed E-state index contributed by atoms with van der Waals surface area (Å²) in [6, 6.07) is 5.65. The fraction of sp³-hybridized carbons (Fsp3) is 0.500. The Morgan fingerprint density at radius 1 is 1.48 bits per heavy atom. The molecule has 1 N–H and O–H groups in total. The smallest absolute Gasteiger partial charge is 0.178 e. The highest BCUT2D eigenvalue weighted by Gasteiger charge is 2.27. The monoisotopic (exact) mass is 326 g/mol. The molecule has 0 amide bonds. The van der Waals surface area contributed by atoms with E-state index in [1.165, 1.54) is 0 Å². The van der Waals surface area contributed by atoms with Gasteiger partial charge >= 0.3 is 0 Å². The van der Waals surface area contributed by atoms with Crippen molar-refractivity contribution in [1.29, 1.82) is 0 Å². The molecule has 0 spiro atoms. The lowest BCUT2D eigenvalue weighted by Gasteiger charge is -2.23. The second-order valence-electron chi connectivity index (χ2n) is 5.29. The number of hydrogen-bond acceptors (Lipinski definition) is 4. The number of aromatic nitrogens is 2. The standard InChI is InChI=1S/C14H18N2O3S2/c1-2-19-12-7-3-6-11-13(12)15-14(20)16(11)10-5-4-8-21(17,18)9-10/h3,6-7,10H,2,4-5,8-9H2,1H3,(H,15,20). The van der Waals surface area contributed by atoms with Crippen molar-refractivity contribution in [2.24, 2.45) is 0 Å². The fourth-order valence-electron chi connectivity index (χ4n) is 2.96. The van der Waals surface area contributed by atoms with Gasteiger partial charge in [0.15, 0.2) is 14.6 Å². The number of para-hydroxylation sites is 1. The summed E-state index contributed by atoms with van der Waals surface area (Å²) in [7, 11) is -2.98. The van der Waals surface area contributed by atoms with Crippen LogP contribution >= 0.6 is 12.2 Å². The Morgan fingerprint density at radius 3 is 3.00 bits per heavy atom. The minimum atomic E-state index is -2.98. The van der Waals surface area contributed by atoms with Crippen LogP contribution in [-0.4, -0.2) is 36.1 Å². The zero-order chi connectivity index (χ0) is 15.0. The topological polar surface area (TPSA) is 64.1 Å². The van der Waals surface area contributed by atoms with Crippen molar-refractivity contribution in [3.05, 3.63) is 23.0 Å². The fourth-order valence-corrected chi connectivity index (χ4v) is 4.99. The number of hydrogen-bond donors (Lipinski definition) is 1. The quantitative estimate of drug-likeness (QED) is 0.881. The molecular formula is C14H18N2O3S2. The van der Waals surface area contributed by atoms with Crippen molar-refractivity contribution in [1.82, 2.24) is 9.55 Å². The third-order valence-electron chi connectivity index (χ3n) is 3.82. The summed E-state index contributed by atoms with van der Waals surface area (Å²) in [5, 5.41) is 0. The number of sulfone groups is 1. The zero-order valence-corrected chi connectivity index (χ0v) is 13.5. The maximum Gasteiger partial charge on any atom is 0.178 e. The summed E-state index contributed by atoms with van der Waals surface area (Å²) in [5.74, 6) is 1.19. The van der Waals surface area contributed by atoms with Gasteiger partial charge in [-0.05, 0) is 44.1 Å². The van der Waals surface area contributed by atoms with Crippen molar-refractivity contribution in [2.75, 3.05) is 18.1 Å². The van der Waals surface area contributed by atoms with Crippen molar-refractivity contribution in [3.8, 4) is 5.75 Å². The molecule has 0 bridgehead atoms. The molecule has 1 saturated heterocycles. The van der Waals surface area contributed by atoms with Crippen LogP contribution in [0.5, 0.6) is 5.75 Å². The van der Waals surface area contributed by atoms with Crippen LogP contribution in [0.2, 0.25) is 0 Å². The third kappa shape index (κ3) is 2.72. The Bertz CT molecular complexity index is 820. The summed E-state index contributed by atoms with van der Waals surface area (Å²) >= 11 is 5.41. The van der Waals surface area contributed by atoms with E-state index in [1.807, 2.05) is 29.7 Å². The second kappa shape index (κ2) is 5.46. The molecule has 5 nitrogen and oxygen atoms in total. The Morgan fingerprint density at radius 2 is 2.29 bits per heavy atom. The summed E-state index contributed by atoms with van der Waals surface area (Å²) in [5.41, 5.74) is 1.75. The van der Waals surface area contributed by atoms with Crippen LogP contribution in [0.1, 0.15) is 25.8 Å². The van der Waals surface area contributed by atoms with Gasteiger partial charge in [0.05, 0.1) is 29.7 Å². The Kier molecular flexibility index (Phi) is 3.79. The van der Waals surface area contributed by atoms with E-state index in [4.69, 9.17) is 17.0 Å². The molecule has 1 aromatic heterocycles. The maximum absolute atomic E-state index is 11.9. The highest BCUT2D eigenvalue weighted by atomic mass is 32.2. The normalized spacial score (nSPS) is 21.5. The molecule has 1 aliphatic rings. The van der Waals surface area contributed by atoms with Crippen molar-refractivity contribution in [3.63, 3.8) is 0 Å². The van der Waals surface area contributed by atoms with Gasteiger partial charge in [-0.25, -0.2) is 8.42 Å². The van der Waals surface area contributed by atoms with Crippen molar-refractivity contribution < 1.29 is 13.2 Å². The molecule has 21 heavy (non-hydrogen) atoms. The highest BCUT2D eigenvalue weighted by Crippen LogP contribution is 2.31. The van der Waals surface area contributed by atoms with E-state index in [1.54, 1.807) is 0 Å². The van der Waals surface area contributed by atoms with Crippen molar-refractivity contribution in [2.45, 2.75) is 25.8 Å². The number of fused-ring (bicyclic) bond motifs is 1. The molecule has 0 saturated carbocycles. The predicted molar refractivity (Wildman–Crippen MR) is 85.2 cm³/mol. The second-order valence-corrected chi connectivity index (χ2v) is 7.91. The molecule has 114 valence electrons. The molecule has 0 radical (unpaired) electrons. The molecule has 2 heterocycles. The first-order chi connectivity index (χ1) is 10.0. The van der Waals surface area contributed by atoms with Crippen LogP contribution < -0.4 is 4.74 Å². The lowest BCUT2D eigenvalue weighted by molar-refractivity contribution is 0.343. The lowest BCUT2D eigenvalue weighted by Crippen LogP contribution is -2.27. The molecule has 1 aromatic carbocycles. The van der Waals surface area contributed by atoms with E-state index < -0.39 is 9.84 Å². The number of H-pyrrole nitrogens is 1. The van der Waals surface area contributed by atoms with E-state index in [0.29, 0.717) is 17.8 Å². The maximum atomic E-state index is 11.9. The van der Waals surface area contributed by atoms with Crippen LogP contribution in [0.4, 0.5) is 0 Å². The van der Waals surface area contributed by atoms with Gasteiger partial charge in [-0.3, -0.25) is 0 Å². The van der Waals surface area contributed by atoms with E-state index in [-0.39, 0.29) is 17.5 Å². The Hall–Kier alpha value is -1.34. The summed E-state index contributed by atoms with van der Waals surface area (Å²) < 4.78 is 31.9. The molecule has 2 aromatic rings. The average Bonchev–Trinajstić information content (AvgIpc) is 2.75. The minimum Gasteiger partial charge on any atom is -0.492 e. The van der Waals surface area contributed by atoms with Crippen LogP contribution in [0.3, 0.4) is 0 Å². The van der Waals surface area contributed by atoms with Gasteiger partial charge in [-0.2, -0.15) is 0 Å². The minimum absolute atomic E-state index is 0.0955. The SMILES string of the molecule is CCOc1cccc2c1[nH]c(=S)n2C1CCCS(=O)(=O)C1.